The summed E-state index contributed by atoms with van der Waals surface area (Å²) in [6.07, 6.45) is 0.627. The minimum Gasteiger partial charge on any atom is -0.496 e. The maximum absolute atomic E-state index is 13.3. The van der Waals surface area contributed by atoms with E-state index in [1.54, 1.807) is 13.2 Å². The number of benzene rings is 1. The van der Waals surface area contributed by atoms with Crippen molar-refractivity contribution in [1.82, 2.24) is 10.2 Å². The lowest BCUT2D eigenvalue weighted by atomic mass is 10.00. The predicted octanol–water partition coefficient (Wildman–Crippen LogP) is 1.16. The first-order valence-corrected chi connectivity index (χ1v) is 6.65. The van der Waals surface area contributed by atoms with Gasteiger partial charge < -0.3 is 15.2 Å². The molecule has 0 radical (unpaired) electrons. The molecule has 0 spiro atoms. The molecule has 0 aromatic heterocycles. The average molecular weight is 268 g/mol. The summed E-state index contributed by atoms with van der Waals surface area (Å²) < 4.78 is 18.6. The van der Waals surface area contributed by atoms with Crippen molar-refractivity contribution in [1.29, 1.82) is 0 Å². The highest BCUT2D eigenvalue weighted by Crippen LogP contribution is 2.32. The Labute approximate surface area is 113 Å². The minimum atomic E-state index is -0.302. The predicted molar refractivity (Wildman–Crippen MR) is 71.8 cm³/mol. The number of aliphatic hydroxyl groups excluding tert-OH is 1. The van der Waals surface area contributed by atoms with Crippen LogP contribution in [-0.2, 0) is 0 Å². The van der Waals surface area contributed by atoms with Crippen LogP contribution < -0.4 is 10.1 Å². The molecule has 5 heteroatoms. The summed E-state index contributed by atoms with van der Waals surface area (Å²) in [7, 11) is 1.55. The molecule has 0 unspecified atom stereocenters. The molecule has 1 aromatic rings. The molecular weight excluding hydrogens is 247 g/mol. The van der Waals surface area contributed by atoms with Gasteiger partial charge in [0.05, 0.1) is 7.11 Å². The minimum absolute atomic E-state index is 0.0719. The van der Waals surface area contributed by atoms with Crippen molar-refractivity contribution in [3.63, 3.8) is 0 Å². The molecule has 0 saturated carbocycles. The smallest absolute Gasteiger partial charge is 0.126 e. The number of aliphatic hydroxyl groups is 1. The molecule has 4 nitrogen and oxygen atoms in total. The fourth-order valence-corrected chi connectivity index (χ4v) is 2.61. The molecule has 1 saturated heterocycles. The highest BCUT2D eigenvalue weighted by atomic mass is 19.1. The van der Waals surface area contributed by atoms with Crippen LogP contribution in [0, 0.1) is 5.82 Å². The third-order valence-electron chi connectivity index (χ3n) is 3.55. The molecule has 19 heavy (non-hydrogen) atoms. The second-order valence-electron chi connectivity index (χ2n) is 4.70. The zero-order valence-electron chi connectivity index (χ0n) is 11.2. The van der Waals surface area contributed by atoms with Crippen LogP contribution in [0.5, 0.6) is 5.75 Å². The highest BCUT2D eigenvalue weighted by molar-refractivity contribution is 5.36. The SMILES string of the molecule is COc1cc(F)ccc1[C@@H](CCO)N1CCNCC1. The summed E-state index contributed by atoms with van der Waals surface area (Å²) in [5, 5.41) is 12.6. The summed E-state index contributed by atoms with van der Waals surface area (Å²) >= 11 is 0. The second kappa shape index (κ2) is 6.84. The van der Waals surface area contributed by atoms with E-state index in [1.807, 2.05) is 0 Å². The van der Waals surface area contributed by atoms with E-state index in [0.29, 0.717) is 12.2 Å². The summed E-state index contributed by atoms with van der Waals surface area (Å²) in [5.74, 6) is 0.251. The van der Waals surface area contributed by atoms with E-state index in [-0.39, 0.29) is 18.5 Å². The molecule has 2 N–H and O–H groups in total. The molecule has 1 aliphatic rings. The van der Waals surface area contributed by atoms with Gasteiger partial charge in [-0.2, -0.15) is 0 Å². The number of hydrogen-bond donors (Lipinski definition) is 2. The molecule has 1 aliphatic heterocycles. The van der Waals surface area contributed by atoms with Crippen molar-refractivity contribution >= 4 is 0 Å². The fourth-order valence-electron chi connectivity index (χ4n) is 2.61. The largest absolute Gasteiger partial charge is 0.496 e. The van der Waals surface area contributed by atoms with Gasteiger partial charge in [-0.05, 0) is 12.5 Å². The Hall–Kier alpha value is -1.17. The van der Waals surface area contributed by atoms with Crippen molar-refractivity contribution in [3.8, 4) is 5.75 Å². The van der Waals surface area contributed by atoms with Crippen LogP contribution in [0.1, 0.15) is 18.0 Å². The summed E-state index contributed by atoms with van der Waals surface area (Å²) in [4.78, 5) is 2.31. The molecule has 2 rings (SSSR count). The zero-order valence-corrected chi connectivity index (χ0v) is 11.2. The Morgan fingerprint density at radius 3 is 2.79 bits per heavy atom. The molecule has 1 aromatic carbocycles. The number of hydrogen-bond acceptors (Lipinski definition) is 4. The van der Waals surface area contributed by atoms with Gasteiger partial charge in [-0.1, -0.05) is 6.07 Å². The van der Waals surface area contributed by atoms with Gasteiger partial charge in [0, 0.05) is 50.5 Å². The van der Waals surface area contributed by atoms with E-state index < -0.39 is 0 Å². The third-order valence-corrected chi connectivity index (χ3v) is 3.55. The Morgan fingerprint density at radius 2 is 2.16 bits per heavy atom. The molecular formula is C14H21FN2O2. The lowest BCUT2D eigenvalue weighted by molar-refractivity contribution is 0.139. The standard InChI is InChI=1S/C14H21FN2O2/c1-19-14-10-11(15)2-3-12(14)13(4-9-18)17-7-5-16-6-8-17/h2-3,10,13,16,18H,4-9H2,1H3/t13-/m1/s1. The summed E-state index contributed by atoms with van der Waals surface area (Å²) in [6, 6.07) is 4.69. The van der Waals surface area contributed by atoms with Gasteiger partial charge in [-0.25, -0.2) is 4.39 Å². The number of halogens is 1. The fraction of sp³-hybridized carbons (Fsp3) is 0.571. The van der Waals surface area contributed by atoms with Crippen LogP contribution in [0.3, 0.4) is 0 Å². The van der Waals surface area contributed by atoms with Crippen LogP contribution in [0.15, 0.2) is 18.2 Å². The number of rotatable bonds is 5. The van der Waals surface area contributed by atoms with Crippen molar-refractivity contribution < 1.29 is 14.2 Å². The first-order valence-electron chi connectivity index (χ1n) is 6.65. The van der Waals surface area contributed by atoms with Gasteiger partial charge in [-0.3, -0.25) is 4.90 Å². The first kappa shape index (κ1) is 14.2. The maximum atomic E-state index is 13.3. The maximum Gasteiger partial charge on any atom is 0.126 e. The van der Waals surface area contributed by atoms with E-state index >= 15 is 0 Å². The van der Waals surface area contributed by atoms with Crippen molar-refractivity contribution in [2.24, 2.45) is 0 Å². The van der Waals surface area contributed by atoms with Crippen LogP contribution in [-0.4, -0.2) is 49.9 Å². The van der Waals surface area contributed by atoms with Gasteiger partial charge in [0.25, 0.3) is 0 Å². The normalized spacial score (nSPS) is 18.3. The first-order chi connectivity index (χ1) is 9.26. The lowest BCUT2D eigenvalue weighted by Crippen LogP contribution is -2.45. The molecule has 0 bridgehead atoms. The molecule has 0 amide bonds. The Bertz CT molecular complexity index is 408. The van der Waals surface area contributed by atoms with Gasteiger partial charge >= 0.3 is 0 Å². The van der Waals surface area contributed by atoms with Crippen LogP contribution in [0.2, 0.25) is 0 Å². The highest BCUT2D eigenvalue weighted by Gasteiger charge is 2.24. The number of methoxy groups -OCH3 is 1. The van der Waals surface area contributed by atoms with Crippen LogP contribution >= 0.6 is 0 Å². The van der Waals surface area contributed by atoms with Crippen molar-refractivity contribution in [2.45, 2.75) is 12.5 Å². The lowest BCUT2D eigenvalue weighted by Gasteiger charge is -2.35. The number of ether oxygens (including phenoxy) is 1. The van der Waals surface area contributed by atoms with Gasteiger partial charge in [0.2, 0.25) is 0 Å². The van der Waals surface area contributed by atoms with E-state index in [2.05, 4.69) is 10.2 Å². The zero-order chi connectivity index (χ0) is 13.7. The van der Waals surface area contributed by atoms with E-state index in [9.17, 15) is 9.50 Å². The van der Waals surface area contributed by atoms with Crippen LogP contribution in [0.4, 0.5) is 4.39 Å². The quantitative estimate of drug-likeness (QED) is 0.841. The molecule has 106 valence electrons. The molecule has 0 aliphatic carbocycles. The molecule has 1 atom stereocenters. The Kier molecular flexibility index (Phi) is 5.13. The molecule has 1 heterocycles. The van der Waals surface area contributed by atoms with Gasteiger partial charge in [0.15, 0.2) is 0 Å². The van der Waals surface area contributed by atoms with Crippen molar-refractivity contribution in [3.05, 3.63) is 29.6 Å². The Balaban J connectivity index is 2.26. The van der Waals surface area contributed by atoms with Crippen LogP contribution in [0.25, 0.3) is 0 Å². The van der Waals surface area contributed by atoms with E-state index in [1.165, 1.54) is 12.1 Å². The third kappa shape index (κ3) is 3.43. The van der Waals surface area contributed by atoms with E-state index in [0.717, 1.165) is 31.7 Å². The van der Waals surface area contributed by atoms with E-state index in [4.69, 9.17) is 4.74 Å². The van der Waals surface area contributed by atoms with Gasteiger partial charge in [-0.15, -0.1) is 0 Å². The van der Waals surface area contributed by atoms with Gasteiger partial charge in [0.1, 0.15) is 11.6 Å². The van der Waals surface area contributed by atoms with Crippen molar-refractivity contribution in [2.75, 3.05) is 39.9 Å². The summed E-state index contributed by atoms with van der Waals surface area (Å²) in [5.41, 5.74) is 0.944. The molecule has 1 fully saturated rings. The second-order valence-corrected chi connectivity index (χ2v) is 4.70. The average Bonchev–Trinajstić information content (AvgIpc) is 2.46. The number of nitrogens with zero attached hydrogens (tertiary/aromatic N) is 1. The summed E-state index contributed by atoms with van der Waals surface area (Å²) in [6.45, 7) is 3.82. The Morgan fingerprint density at radius 1 is 1.42 bits per heavy atom. The topological polar surface area (TPSA) is 44.7 Å². The number of nitrogens with one attached hydrogen (secondary N) is 1. The number of piperazine rings is 1. The monoisotopic (exact) mass is 268 g/mol.